The Kier molecular flexibility index (Phi) is 5.69. The van der Waals surface area contributed by atoms with Crippen LogP contribution in [0.3, 0.4) is 0 Å². The van der Waals surface area contributed by atoms with Gasteiger partial charge in [0, 0.05) is 17.9 Å². The lowest BCUT2D eigenvalue weighted by Gasteiger charge is -2.42. The molecule has 5 rings (SSSR count). The minimum atomic E-state index is 0.226. The highest BCUT2D eigenvalue weighted by Crippen LogP contribution is 2.51. The number of nitrogens with zero attached hydrogens (tertiary/aromatic N) is 1. The van der Waals surface area contributed by atoms with Crippen LogP contribution in [0.1, 0.15) is 94.2 Å². The number of hydrogen-bond donors (Lipinski definition) is 1. The molecule has 3 fully saturated rings. The normalized spacial score (nSPS) is 27.9. The number of amides is 1. The van der Waals surface area contributed by atoms with Crippen LogP contribution in [0, 0.1) is 11.8 Å². The molecule has 1 aliphatic heterocycles. The van der Waals surface area contributed by atoms with Gasteiger partial charge in [-0.2, -0.15) is 0 Å². The summed E-state index contributed by atoms with van der Waals surface area (Å²) in [6, 6.07) is 9.22. The minimum absolute atomic E-state index is 0.226. The summed E-state index contributed by atoms with van der Waals surface area (Å²) in [5.41, 5.74) is 3.22. The highest BCUT2D eigenvalue weighted by molar-refractivity contribution is 5.79. The first-order valence-corrected chi connectivity index (χ1v) is 12.4. The van der Waals surface area contributed by atoms with Crippen molar-refractivity contribution >= 4 is 5.91 Å². The number of piperidine rings is 1. The number of likely N-dealkylation sites (tertiary alicyclic amines) is 1. The molecular formula is C26H38N2O. The molecule has 3 aliphatic carbocycles. The minimum Gasteiger partial charge on any atom is -0.349 e. The summed E-state index contributed by atoms with van der Waals surface area (Å²) in [6.45, 7) is 3.78. The second-order valence-corrected chi connectivity index (χ2v) is 10.4. The molecule has 1 saturated heterocycles. The van der Waals surface area contributed by atoms with Crippen LogP contribution < -0.4 is 5.32 Å². The Labute approximate surface area is 176 Å². The summed E-state index contributed by atoms with van der Waals surface area (Å²) >= 11 is 0. The fraction of sp³-hybridized carbons (Fsp3) is 0.731. The highest BCUT2D eigenvalue weighted by Gasteiger charge is 2.46. The average Bonchev–Trinajstić information content (AvgIpc) is 3.39. The molecule has 0 bridgehead atoms. The summed E-state index contributed by atoms with van der Waals surface area (Å²) in [5.74, 6) is 1.51. The van der Waals surface area contributed by atoms with Crippen LogP contribution in [-0.4, -0.2) is 30.4 Å². The second-order valence-electron chi connectivity index (χ2n) is 10.4. The van der Waals surface area contributed by atoms with Crippen LogP contribution in [0.2, 0.25) is 0 Å². The molecule has 1 aromatic rings. The Hall–Kier alpha value is -1.35. The lowest BCUT2D eigenvalue weighted by Crippen LogP contribution is -2.44. The maximum Gasteiger partial charge on any atom is 0.223 e. The van der Waals surface area contributed by atoms with Gasteiger partial charge in [0.05, 0.1) is 6.04 Å². The third-order valence-electron chi connectivity index (χ3n) is 8.60. The van der Waals surface area contributed by atoms with Crippen molar-refractivity contribution in [1.29, 1.82) is 0 Å². The standard InChI is InChI=1S/C26H38N2O/c29-25(21-10-4-5-11-21)27-24-18-26(23-13-7-6-12-22(23)24)14-16-28(17-15-26)19-20-8-2-1-3-9-20/h6-7,12-13,20-21,24H,1-5,8-11,14-19H2,(H,27,29)/t24-/m0/s1. The average molecular weight is 395 g/mol. The molecule has 1 atom stereocenters. The Bertz CT molecular complexity index is 709. The van der Waals surface area contributed by atoms with Gasteiger partial charge in [-0.1, -0.05) is 56.4 Å². The van der Waals surface area contributed by atoms with Gasteiger partial charge < -0.3 is 10.2 Å². The van der Waals surface area contributed by atoms with E-state index in [1.54, 1.807) is 0 Å². The zero-order valence-electron chi connectivity index (χ0n) is 18.0. The molecule has 1 spiro atoms. The van der Waals surface area contributed by atoms with Crippen molar-refractivity contribution in [2.75, 3.05) is 19.6 Å². The van der Waals surface area contributed by atoms with Crippen molar-refractivity contribution in [2.45, 2.75) is 88.5 Å². The van der Waals surface area contributed by atoms with Gasteiger partial charge >= 0.3 is 0 Å². The fourth-order valence-electron chi connectivity index (χ4n) is 6.87. The van der Waals surface area contributed by atoms with Gasteiger partial charge in [-0.3, -0.25) is 4.79 Å². The number of carbonyl (C=O) groups is 1. The monoisotopic (exact) mass is 394 g/mol. The van der Waals surface area contributed by atoms with E-state index in [9.17, 15) is 4.79 Å². The third-order valence-corrected chi connectivity index (χ3v) is 8.60. The van der Waals surface area contributed by atoms with Crippen molar-refractivity contribution in [1.82, 2.24) is 10.2 Å². The molecule has 1 heterocycles. The van der Waals surface area contributed by atoms with Crippen LogP contribution >= 0.6 is 0 Å². The SMILES string of the molecule is O=C(N[C@H]1CC2(CCN(CC3CCCCC3)CC2)c2ccccc21)C1CCCC1. The third kappa shape index (κ3) is 4.00. The van der Waals surface area contributed by atoms with Crippen molar-refractivity contribution in [2.24, 2.45) is 11.8 Å². The number of hydrogen-bond acceptors (Lipinski definition) is 2. The Morgan fingerprint density at radius 2 is 1.66 bits per heavy atom. The number of carbonyl (C=O) groups excluding carboxylic acids is 1. The molecule has 2 saturated carbocycles. The van der Waals surface area contributed by atoms with Crippen molar-refractivity contribution in [3.63, 3.8) is 0 Å². The predicted octanol–water partition coefficient (Wildman–Crippen LogP) is 5.35. The van der Waals surface area contributed by atoms with E-state index in [4.69, 9.17) is 0 Å². The van der Waals surface area contributed by atoms with E-state index in [1.807, 2.05) is 0 Å². The molecule has 3 nitrogen and oxygen atoms in total. The first-order chi connectivity index (χ1) is 14.2. The van der Waals surface area contributed by atoms with Gasteiger partial charge in [-0.05, 0) is 75.1 Å². The molecule has 0 radical (unpaired) electrons. The number of nitrogens with one attached hydrogen (secondary N) is 1. The molecule has 1 N–H and O–H groups in total. The largest absolute Gasteiger partial charge is 0.349 e. The van der Waals surface area contributed by atoms with Crippen molar-refractivity contribution < 1.29 is 4.79 Å². The summed E-state index contributed by atoms with van der Waals surface area (Å²) in [7, 11) is 0. The topological polar surface area (TPSA) is 32.3 Å². The number of benzene rings is 1. The van der Waals surface area contributed by atoms with E-state index < -0.39 is 0 Å². The smallest absolute Gasteiger partial charge is 0.223 e. The van der Waals surface area contributed by atoms with Crippen LogP contribution in [-0.2, 0) is 10.2 Å². The second kappa shape index (κ2) is 8.41. The Morgan fingerprint density at radius 1 is 0.966 bits per heavy atom. The lowest BCUT2D eigenvalue weighted by atomic mass is 9.73. The molecular weight excluding hydrogens is 356 g/mol. The van der Waals surface area contributed by atoms with E-state index in [-0.39, 0.29) is 17.4 Å². The summed E-state index contributed by atoms with van der Waals surface area (Å²) in [5, 5.41) is 3.47. The fourth-order valence-corrected chi connectivity index (χ4v) is 6.87. The lowest BCUT2D eigenvalue weighted by molar-refractivity contribution is -0.125. The molecule has 1 amide bonds. The highest BCUT2D eigenvalue weighted by atomic mass is 16.1. The molecule has 1 aromatic carbocycles. The maximum atomic E-state index is 12.8. The van der Waals surface area contributed by atoms with E-state index in [1.165, 1.54) is 88.5 Å². The predicted molar refractivity (Wildman–Crippen MR) is 118 cm³/mol. The van der Waals surface area contributed by atoms with Gasteiger partial charge in [-0.15, -0.1) is 0 Å². The van der Waals surface area contributed by atoms with Gasteiger partial charge in [0.15, 0.2) is 0 Å². The summed E-state index contributed by atoms with van der Waals surface area (Å²) < 4.78 is 0. The van der Waals surface area contributed by atoms with Gasteiger partial charge in [-0.25, -0.2) is 0 Å². The Balaban J connectivity index is 1.25. The number of rotatable bonds is 4. The van der Waals surface area contributed by atoms with E-state index in [0.717, 1.165) is 25.2 Å². The summed E-state index contributed by atoms with van der Waals surface area (Å²) in [4.78, 5) is 15.6. The Morgan fingerprint density at radius 3 is 2.41 bits per heavy atom. The van der Waals surface area contributed by atoms with E-state index in [0.29, 0.717) is 5.91 Å². The van der Waals surface area contributed by atoms with Crippen LogP contribution in [0.15, 0.2) is 24.3 Å². The van der Waals surface area contributed by atoms with E-state index in [2.05, 4.69) is 34.5 Å². The van der Waals surface area contributed by atoms with Crippen LogP contribution in [0.5, 0.6) is 0 Å². The molecule has 29 heavy (non-hydrogen) atoms. The zero-order valence-corrected chi connectivity index (χ0v) is 18.0. The van der Waals surface area contributed by atoms with Crippen molar-refractivity contribution in [3.05, 3.63) is 35.4 Å². The zero-order chi connectivity index (χ0) is 19.7. The first-order valence-electron chi connectivity index (χ1n) is 12.4. The van der Waals surface area contributed by atoms with Gasteiger partial charge in [0.1, 0.15) is 0 Å². The summed E-state index contributed by atoms with van der Waals surface area (Å²) in [6.07, 6.45) is 15.5. The molecule has 4 aliphatic rings. The van der Waals surface area contributed by atoms with E-state index >= 15 is 0 Å². The quantitative estimate of drug-likeness (QED) is 0.746. The molecule has 3 heteroatoms. The first kappa shape index (κ1) is 19.6. The van der Waals surface area contributed by atoms with Crippen molar-refractivity contribution in [3.8, 4) is 0 Å². The van der Waals surface area contributed by atoms with Gasteiger partial charge in [0.2, 0.25) is 5.91 Å². The molecule has 158 valence electrons. The molecule has 0 aromatic heterocycles. The van der Waals surface area contributed by atoms with Crippen LogP contribution in [0.25, 0.3) is 0 Å². The maximum absolute atomic E-state index is 12.8. The molecule has 0 unspecified atom stereocenters. The van der Waals surface area contributed by atoms with Crippen LogP contribution in [0.4, 0.5) is 0 Å². The number of fused-ring (bicyclic) bond motifs is 2. The van der Waals surface area contributed by atoms with Gasteiger partial charge in [0.25, 0.3) is 0 Å².